The Balaban J connectivity index is 0.0000112. The molecule has 14 rings (SSSR count). The van der Waals surface area contributed by atoms with E-state index in [1.807, 2.05) is 84.0 Å². The number of aromatic nitrogens is 4. The minimum atomic E-state index is -2.91. The van der Waals surface area contributed by atoms with Crippen LogP contribution in [0.5, 0.6) is 11.5 Å². The molecule has 3 heterocycles. The van der Waals surface area contributed by atoms with Crippen molar-refractivity contribution in [1.82, 2.24) is 14.1 Å². The fourth-order valence-corrected chi connectivity index (χ4v) is 10.5. The molecule has 0 radical (unpaired) electrons. The standard InChI is InChI=1S/C81H64N4O.Pt/c1-54-42-78(82-52-73(54)58-30-18-11-19-31-58)85-74-37-21-20-36-69(74)70-40-39-68(51-76(70)85)86-67-35-23-34-66(50-67)83-53-84(75-41-38-59(47-77(75)83)55-24-12-8-13-25-55)79-71(60-32-22-33-64(46-60)80(2,3)4)48-65(81(5,6)7)49-72(79)63-44-61(56-26-14-9-15-27-56)43-62(45-63)57-28-16-10-17-29-57;/h8-49,52H,1-7H3;/q-2;/i1D3,8D,9D,10D,11D,12D,13D,14D,15D,16D,17D,18D,19D,24D,25D,26D,27D,28D,29D,30D,31D,43D,44D,45D;. The maximum Gasteiger partial charge on any atom is 0.268 e. The first-order valence-electron chi connectivity index (χ1n) is 40.5. The Kier molecular flexibility index (Phi) is 8.94. The molecule has 426 valence electrons. The van der Waals surface area contributed by atoms with Gasteiger partial charge in [-0.1, -0.05) is 235 Å². The first kappa shape index (κ1) is 33.9. The van der Waals surface area contributed by atoms with Gasteiger partial charge in [-0.15, -0.1) is 29.7 Å². The van der Waals surface area contributed by atoms with E-state index in [-0.39, 0.29) is 99.7 Å². The van der Waals surface area contributed by atoms with Crippen molar-refractivity contribution in [3.8, 4) is 95.5 Å². The van der Waals surface area contributed by atoms with Gasteiger partial charge in [-0.2, -0.15) is 18.2 Å². The fourth-order valence-electron chi connectivity index (χ4n) is 10.5. The SMILES string of the molecule is [2H]c1c([2H])c([2H])c(-c2ccc3c(c2)n(-c2[c-]c(Oc4[c-]c5c(cc4)c4ccccc4n5-c4cc(C([2H])([2H])[2H])c(-c5c([2H])c([2H])c([2H])c([2H])c5[2H])cn4)ccc2)[c-][n+]3-c2c(-c3cccc(C(C)(C)C)c3)cc(C(C)(C)C)cc2-c2c([2H])c(-c3c([2H])c([2H])c([2H])c([2H])c3[2H])c([2H])c(-c3c([2H])c([2H])c([2H])c([2H])c3[2H])c2[2H])c([2H])c1[2H].[Pt]. The summed E-state index contributed by atoms with van der Waals surface area (Å²) in [5.74, 6) is 0.233. The quantitative estimate of drug-likeness (QED) is 0.0956. The number of rotatable bonds is 11. The summed E-state index contributed by atoms with van der Waals surface area (Å²) < 4.78 is 246. The first-order valence-corrected chi connectivity index (χ1v) is 27.5. The average molecular weight is 1330 g/mol. The molecule has 0 aliphatic rings. The van der Waals surface area contributed by atoms with Crippen LogP contribution in [0.3, 0.4) is 0 Å². The molecule has 3 aromatic heterocycles. The zero-order valence-corrected chi connectivity index (χ0v) is 49.8. The third-order valence-electron chi connectivity index (χ3n) is 14.9. The minimum Gasteiger partial charge on any atom is -0.510 e. The molecule has 0 saturated heterocycles. The van der Waals surface area contributed by atoms with E-state index < -0.39 is 179 Å². The van der Waals surface area contributed by atoms with Crippen molar-refractivity contribution in [1.29, 1.82) is 0 Å². The average Bonchev–Trinajstić information content (AvgIpc) is 1.16. The molecule has 5 nitrogen and oxygen atoms in total. The zero-order chi connectivity index (χ0) is 81.2. The van der Waals surface area contributed by atoms with E-state index >= 15 is 0 Å². The van der Waals surface area contributed by atoms with Gasteiger partial charge in [-0.25, -0.2) is 4.98 Å². The molecule has 11 aromatic carbocycles. The van der Waals surface area contributed by atoms with Crippen LogP contribution >= 0.6 is 0 Å². The number of hydrogen-bond donors (Lipinski definition) is 0. The molecule has 0 N–H and O–H groups in total. The van der Waals surface area contributed by atoms with E-state index in [1.165, 1.54) is 12.3 Å². The van der Waals surface area contributed by atoms with Gasteiger partial charge in [0.15, 0.2) is 0 Å². The Morgan fingerprint density at radius 2 is 1.08 bits per heavy atom. The molecule has 0 saturated carbocycles. The van der Waals surface area contributed by atoms with E-state index in [4.69, 9.17) is 33.0 Å². The maximum absolute atomic E-state index is 10.6. The maximum atomic E-state index is 10.6. The summed E-state index contributed by atoms with van der Waals surface area (Å²) >= 11 is 0. The summed E-state index contributed by atoms with van der Waals surface area (Å²) in [6.45, 7) is 8.93. The van der Waals surface area contributed by atoms with Crippen molar-refractivity contribution in [3.05, 3.63) is 296 Å². The molecule has 0 unspecified atom stereocenters. The Hall–Kier alpha value is -9.67. The van der Waals surface area contributed by atoms with E-state index in [2.05, 4.69) is 18.5 Å². The van der Waals surface area contributed by atoms with Crippen molar-refractivity contribution in [2.45, 2.75) is 59.2 Å². The van der Waals surface area contributed by atoms with Crippen molar-refractivity contribution < 1.29 is 66.0 Å². The summed E-state index contributed by atoms with van der Waals surface area (Å²) in [6.07, 6.45) is 4.70. The Morgan fingerprint density at radius 3 is 1.74 bits per heavy atom. The van der Waals surface area contributed by atoms with Crippen LogP contribution in [0.25, 0.3) is 117 Å². The smallest absolute Gasteiger partial charge is 0.268 e. The Bertz CT molecular complexity index is 6220. The van der Waals surface area contributed by atoms with E-state index in [1.54, 1.807) is 80.4 Å². The van der Waals surface area contributed by atoms with Crippen LogP contribution < -0.4 is 9.30 Å². The number of aryl methyl sites for hydroxylation is 1. The number of para-hydroxylation sites is 1. The molecule has 0 amide bonds. The molecule has 0 aliphatic heterocycles. The number of imidazole rings is 1. The van der Waals surface area contributed by atoms with Crippen LogP contribution in [0.4, 0.5) is 0 Å². The summed E-state index contributed by atoms with van der Waals surface area (Å²) in [5.41, 5.74) is -1.10. The van der Waals surface area contributed by atoms with E-state index in [0.29, 0.717) is 38.5 Å². The number of nitrogens with zero attached hydrogens (tertiary/aromatic N) is 4. The van der Waals surface area contributed by atoms with Gasteiger partial charge in [0.1, 0.15) is 5.82 Å². The summed E-state index contributed by atoms with van der Waals surface area (Å²) in [5, 5.41) is 1.32. The predicted molar refractivity (Wildman–Crippen MR) is 355 cm³/mol. The van der Waals surface area contributed by atoms with Gasteiger partial charge in [0.25, 0.3) is 6.33 Å². The van der Waals surface area contributed by atoms with Gasteiger partial charge in [0.05, 0.1) is 48.2 Å². The zero-order valence-electron chi connectivity index (χ0n) is 73.6. The predicted octanol–water partition coefficient (Wildman–Crippen LogP) is 20.5. The fraction of sp³-hybridized carbons (Fsp3) is 0.111. The van der Waals surface area contributed by atoms with Crippen LogP contribution in [0.15, 0.2) is 260 Å². The second-order valence-corrected chi connectivity index (χ2v) is 22.5. The Labute approximate surface area is 561 Å². The van der Waals surface area contributed by atoms with Crippen molar-refractivity contribution in [2.24, 2.45) is 0 Å². The molecule has 0 bridgehead atoms. The van der Waals surface area contributed by atoms with Gasteiger partial charge >= 0.3 is 0 Å². The van der Waals surface area contributed by atoms with Crippen LogP contribution in [0, 0.1) is 25.3 Å². The van der Waals surface area contributed by atoms with Gasteiger partial charge in [0.2, 0.25) is 0 Å². The van der Waals surface area contributed by atoms with Crippen LogP contribution in [0.1, 0.15) is 93.9 Å². The molecular weight excluding hydrogens is 1240 g/mol. The van der Waals surface area contributed by atoms with Gasteiger partial charge in [-0.05, 0) is 143 Å². The number of ether oxygens (including phenoxy) is 1. The van der Waals surface area contributed by atoms with Crippen LogP contribution in [0.2, 0.25) is 0 Å². The van der Waals surface area contributed by atoms with Crippen molar-refractivity contribution in [2.75, 3.05) is 0 Å². The van der Waals surface area contributed by atoms with Gasteiger partial charge in [0, 0.05) is 54.0 Å². The minimum absolute atomic E-state index is 0. The molecular formula is C81H64N4OPt-2. The number of benzene rings is 11. The van der Waals surface area contributed by atoms with Crippen LogP contribution in [-0.4, -0.2) is 14.1 Å². The molecule has 87 heavy (non-hydrogen) atoms. The molecule has 0 spiro atoms. The third-order valence-corrected chi connectivity index (χ3v) is 14.9. The topological polar surface area (TPSA) is 35.9 Å². The Morgan fingerprint density at radius 1 is 0.483 bits per heavy atom. The largest absolute Gasteiger partial charge is 0.510 e. The normalized spacial score (nSPS) is 16.1. The number of pyridine rings is 1. The molecule has 0 atom stereocenters. The number of fused-ring (bicyclic) bond motifs is 4. The first-order chi connectivity index (χ1) is 52.6. The van der Waals surface area contributed by atoms with E-state index in [0.717, 1.165) is 5.56 Å². The van der Waals surface area contributed by atoms with Gasteiger partial charge < -0.3 is 13.9 Å². The van der Waals surface area contributed by atoms with E-state index in [9.17, 15) is 12.3 Å². The summed E-state index contributed by atoms with van der Waals surface area (Å²) in [6, 6.07) is 22.7. The van der Waals surface area contributed by atoms with Gasteiger partial charge in [-0.3, -0.25) is 4.57 Å². The third kappa shape index (κ3) is 10.9. The van der Waals surface area contributed by atoms with Crippen molar-refractivity contribution in [3.63, 3.8) is 0 Å². The molecule has 0 aliphatic carbocycles. The summed E-state index contributed by atoms with van der Waals surface area (Å²) in [4.78, 5) is 4.70. The molecule has 0 fully saturated rings. The second-order valence-electron chi connectivity index (χ2n) is 22.5. The molecule has 6 heteroatoms. The second kappa shape index (κ2) is 23.0. The van der Waals surface area contributed by atoms with Crippen LogP contribution in [-0.2, 0) is 31.9 Å². The monoisotopic (exact) mass is 1330 g/mol. The van der Waals surface area contributed by atoms with Crippen molar-refractivity contribution >= 4 is 32.8 Å². The number of hydrogen-bond acceptors (Lipinski definition) is 2. The summed E-state index contributed by atoms with van der Waals surface area (Å²) in [7, 11) is 0. The molecule has 14 aromatic rings.